The zero-order chi connectivity index (χ0) is 18.2. The summed E-state index contributed by atoms with van der Waals surface area (Å²) in [5.41, 5.74) is 1.60. The van der Waals surface area contributed by atoms with Gasteiger partial charge in [-0.2, -0.15) is 11.3 Å². The van der Waals surface area contributed by atoms with Crippen molar-refractivity contribution < 1.29 is 23.9 Å². The van der Waals surface area contributed by atoms with Gasteiger partial charge in [0.25, 0.3) is 0 Å². The van der Waals surface area contributed by atoms with Gasteiger partial charge >= 0.3 is 11.9 Å². The van der Waals surface area contributed by atoms with Gasteiger partial charge in [-0.25, -0.2) is 9.59 Å². The summed E-state index contributed by atoms with van der Waals surface area (Å²) in [4.78, 5) is 36.1. The molecule has 1 aromatic heterocycles. The highest BCUT2D eigenvalue weighted by molar-refractivity contribution is 7.08. The van der Waals surface area contributed by atoms with E-state index in [-0.39, 0.29) is 36.7 Å². The number of amides is 1. The predicted octanol–water partition coefficient (Wildman–Crippen LogP) is 3.28. The SMILES string of the molecule is CCOC(=O)c1cc(NC(=O)Cc2ccsc2)cc(C(=O)OCC)c1. The van der Waals surface area contributed by atoms with Crippen LogP contribution in [0.15, 0.2) is 35.0 Å². The van der Waals surface area contributed by atoms with Crippen molar-refractivity contribution in [3.63, 3.8) is 0 Å². The first-order chi connectivity index (χ1) is 12.0. The molecule has 0 spiro atoms. The van der Waals surface area contributed by atoms with Gasteiger partial charge in [-0.3, -0.25) is 4.79 Å². The minimum Gasteiger partial charge on any atom is -0.462 e. The Morgan fingerprint density at radius 2 is 1.60 bits per heavy atom. The average Bonchev–Trinajstić information content (AvgIpc) is 3.07. The Balaban J connectivity index is 2.23. The third-order valence-electron chi connectivity index (χ3n) is 3.18. The fourth-order valence-corrected chi connectivity index (χ4v) is 2.82. The molecule has 7 heteroatoms. The fourth-order valence-electron chi connectivity index (χ4n) is 2.15. The van der Waals surface area contributed by atoms with E-state index in [9.17, 15) is 14.4 Å². The van der Waals surface area contributed by atoms with Crippen LogP contribution in [0.1, 0.15) is 40.1 Å². The lowest BCUT2D eigenvalue weighted by Gasteiger charge is -2.10. The smallest absolute Gasteiger partial charge is 0.338 e. The molecule has 0 radical (unpaired) electrons. The molecule has 2 aromatic rings. The van der Waals surface area contributed by atoms with Crippen molar-refractivity contribution >= 4 is 34.9 Å². The maximum atomic E-state index is 12.2. The van der Waals surface area contributed by atoms with Crippen LogP contribution in [0.2, 0.25) is 0 Å². The lowest BCUT2D eigenvalue weighted by atomic mass is 10.1. The summed E-state index contributed by atoms with van der Waals surface area (Å²) in [5.74, 6) is -1.38. The Labute approximate surface area is 149 Å². The molecular formula is C18H19NO5S. The summed E-state index contributed by atoms with van der Waals surface area (Å²) in [6.45, 7) is 3.80. The molecule has 0 fully saturated rings. The molecule has 0 atom stereocenters. The van der Waals surface area contributed by atoms with Crippen LogP contribution in [0.3, 0.4) is 0 Å². The first kappa shape index (κ1) is 18.7. The normalized spacial score (nSPS) is 10.2. The van der Waals surface area contributed by atoms with Gasteiger partial charge in [-0.05, 0) is 54.4 Å². The molecule has 0 bridgehead atoms. The molecule has 1 amide bonds. The van der Waals surface area contributed by atoms with Gasteiger partial charge < -0.3 is 14.8 Å². The van der Waals surface area contributed by atoms with E-state index in [0.29, 0.717) is 5.69 Å². The number of benzene rings is 1. The van der Waals surface area contributed by atoms with Crippen molar-refractivity contribution in [1.82, 2.24) is 0 Å². The van der Waals surface area contributed by atoms with E-state index in [1.54, 1.807) is 13.8 Å². The van der Waals surface area contributed by atoms with Crippen molar-refractivity contribution in [3.8, 4) is 0 Å². The number of hydrogen-bond donors (Lipinski definition) is 1. The molecule has 0 aliphatic heterocycles. The van der Waals surface area contributed by atoms with Crippen molar-refractivity contribution in [2.24, 2.45) is 0 Å². The number of hydrogen-bond acceptors (Lipinski definition) is 6. The molecule has 1 heterocycles. The van der Waals surface area contributed by atoms with Crippen molar-refractivity contribution in [1.29, 1.82) is 0 Å². The average molecular weight is 361 g/mol. The quantitative estimate of drug-likeness (QED) is 0.766. The monoisotopic (exact) mass is 361 g/mol. The maximum Gasteiger partial charge on any atom is 0.338 e. The largest absolute Gasteiger partial charge is 0.462 e. The van der Waals surface area contributed by atoms with Gasteiger partial charge in [-0.15, -0.1) is 0 Å². The Hall–Kier alpha value is -2.67. The highest BCUT2D eigenvalue weighted by Gasteiger charge is 2.16. The standard InChI is InChI=1S/C18H19NO5S/c1-3-23-17(21)13-8-14(18(22)24-4-2)10-15(9-13)19-16(20)7-12-5-6-25-11-12/h5-6,8-11H,3-4,7H2,1-2H3,(H,19,20). The minimum atomic E-state index is -0.568. The van der Waals surface area contributed by atoms with Gasteiger partial charge in [0.05, 0.1) is 30.8 Å². The number of carbonyl (C=O) groups is 3. The van der Waals surface area contributed by atoms with E-state index in [0.717, 1.165) is 5.56 Å². The molecular weight excluding hydrogens is 342 g/mol. The van der Waals surface area contributed by atoms with Crippen LogP contribution < -0.4 is 5.32 Å². The molecule has 0 aliphatic carbocycles. The van der Waals surface area contributed by atoms with Crippen LogP contribution in [0.4, 0.5) is 5.69 Å². The topological polar surface area (TPSA) is 81.7 Å². The lowest BCUT2D eigenvalue weighted by molar-refractivity contribution is -0.115. The van der Waals surface area contributed by atoms with E-state index in [1.807, 2.05) is 16.8 Å². The number of nitrogens with one attached hydrogen (secondary N) is 1. The Morgan fingerprint density at radius 1 is 1.00 bits per heavy atom. The van der Waals surface area contributed by atoms with Gasteiger partial charge in [0.2, 0.25) is 5.91 Å². The van der Waals surface area contributed by atoms with E-state index in [4.69, 9.17) is 9.47 Å². The molecule has 1 N–H and O–H groups in total. The van der Waals surface area contributed by atoms with E-state index in [2.05, 4.69) is 5.32 Å². The molecule has 6 nitrogen and oxygen atoms in total. The Kier molecular flexibility index (Phi) is 6.71. The van der Waals surface area contributed by atoms with E-state index >= 15 is 0 Å². The highest BCUT2D eigenvalue weighted by atomic mass is 32.1. The van der Waals surface area contributed by atoms with Crippen LogP contribution in [0, 0.1) is 0 Å². The molecule has 1 aromatic carbocycles. The Morgan fingerprint density at radius 3 is 2.08 bits per heavy atom. The van der Waals surface area contributed by atoms with Gasteiger partial charge in [0.1, 0.15) is 0 Å². The van der Waals surface area contributed by atoms with E-state index < -0.39 is 11.9 Å². The second-order valence-electron chi connectivity index (χ2n) is 5.10. The first-order valence-corrected chi connectivity index (χ1v) is 8.78. The Bertz CT molecular complexity index is 719. The highest BCUT2D eigenvalue weighted by Crippen LogP contribution is 2.18. The number of anilines is 1. The molecule has 0 saturated carbocycles. The predicted molar refractivity (Wildman–Crippen MR) is 95.0 cm³/mol. The summed E-state index contributed by atoms with van der Waals surface area (Å²) in [7, 11) is 0. The van der Waals surface area contributed by atoms with Crippen molar-refractivity contribution in [2.45, 2.75) is 20.3 Å². The van der Waals surface area contributed by atoms with Crippen LogP contribution >= 0.6 is 11.3 Å². The molecule has 2 rings (SSSR count). The zero-order valence-corrected chi connectivity index (χ0v) is 14.9. The van der Waals surface area contributed by atoms with Gasteiger partial charge in [0, 0.05) is 5.69 Å². The zero-order valence-electron chi connectivity index (χ0n) is 14.0. The van der Waals surface area contributed by atoms with Crippen LogP contribution in [-0.4, -0.2) is 31.1 Å². The third-order valence-corrected chi connectivity index (χ3v) is 3.92. The molecule has 0 saturated heterocycles. The second kappa shape index (κ2) is 8.98. The number of ether oxygens (including phenoxy) is 2. The first-order valence-electron chi connectivity index (χ1n) is 7.83. The number of rotatable bonds is 7. The summed E-state index contributed by atoms with van der Waals surface area (Å²) < 4.78 is 9.93. The van der Waals surface area contributed by atoms with Crippen LogP contribution in [-0.2, 0) is 20.7 Å². The summed E-state index contributed by atoms with van der Waals surface area (Å²) >= 11 is 1.51. The number of esters is 2. The van der Waals surface area contributed by atoms with Crippen LogP contribution in [0.25, 0.3) is 0 Å². The molecule has 0 unspecified atom stereocenters. The lowest BCUT2D eigenvalue weighted by Crippen LogP contribution is -2.16. The molecule has 0 aliphatic rings. The third kappa shape index (κ3) is 5.42. The van der Waals surface area contributed by atoms with Crippen molar-refractivity contribution in [3.05, 3.63) is 51.7 Å². The summed E-state index contributed by atoms with van der Waals surface area (Å²) in [6, 6.07) is 6.21. The number of carbonyl (C=O) groups excluding carboxylic acids is 3. The second-order valence-corrected chi connectivity index (χ2v) is 5.88. The molecule has 132 valence electrons. The maximum absolute atomic E-state index is 12.2. The van der Waals surface area contributed by atoms with Crippen molar-refractivity contribution in [2.75, 3.05) is 18.5 Å². The van der Waals surface area contributed by atoms with Gasteiger partial charge in [0.15, 0.2) is 0 Å². The van der Waals surface area contributed by atoms with Gasteiger partial charge in [-0.1, -0.05) is 0 Å². The van der Waals surface area contributed by atoms with Crippen LogP contribution in [0.5, 0.6) is 0 Å². The van der Waals surface area contributed by atoms with E-state index in [1.165, 1.54) is 29.5 Å². The summed E-state index contributed by atoms with van der Waals surface area (Å²) in [6.07, 6.45) is 0.210. The summed E-state index contributed by atoms with van der Waals surface area (Å²) in [5, 5.41) is 6.48. The minimum absolute atomic E-state index is 0.179. The number of thiophene rings is 1. The fraction of sp³-hybridized carbons (Fsp3) is 0.278. The molecule has 25 heavy (non-hydrogen) atoms.